The van der Waals surface area contributed by atoms with Gasteiger partial charge in [-0.1, -0.05) is 28.9 Å². The summed E-state index contributed by atoms with van der Waals surface area (Å²) < 4.78 is 18.4. The lowest BCUT2D eigenvalue weighted by molar-refractivity contribution is 0.102. The highest BCUT2D eigenvalue weighted by molar-refractivity contribution is 6.30. The second-order valence-corrected chi connectivity index (χ2v) is 4.85. The van der Waals surface area contributed by atoms with E-state index in [-0.39, 0.29) is 10.7 Å². The van der Waals surface area contributed by atoms with E-state index in [1.807, 2.05) is 0 Å². The number of rotatable bonds is 3. The first-order valence-electron chi connectivity index (χ1n) is 6.27. The molecule has 0 fully saturated rings. The number of nitrogens with one attached hydrogen (secondary N) is 1. The highest BCUT2D eigenvalue weighted by atomic mass is 35.5. The van der Waals surface area contributed by atoms with Crippen molar-refractivity contribution in [3.63, 3.8) is 0 Å². The number of hydrogen-bond donors (Lipinski definition) is 1. The lowest BCUT2D eigenvalue weighted by Crippen LogP contribution is -2.13. The van der Waals surface area contributed by atoms with Gasteiger partial charge in [-0.2, -0.15) is 4.98 Å². The number of carbonyl (C=O) groups excluding carboxylic acids is 1. The van der Waals surface area contributed by atoms with E-state index in [0.717, 1.165) is 6.07 Å². The third kappa shape index (κ3) is 2.96. The van der Waals surface area contributed by atoms with Crippen LogP contribution in [0.25, 0.3) is 11.4 Å². The predicted molar refractivity (Wildman–Crippen MR) is 79.1 cm³/mol. The van der Waals surface area contributed by atoms with Crippen molar-refractivity contribution >= 4 is 23.2 Å². The van der Waals surface area contributed by atoms with Crippen LogP contribution in [0.3, 0.4) is 0 Å². The van der Waals surface area contributed by atoms with Crippen LogP contribution < -0.4 is 5.32 Å². The van der Waals surface area contributed by atoms with E-state index in [4.69, 9.17) is 11.6 Å². The Labute approximate surface area is 129 Å². The van der Waals surface area contributed by atoms with Crippen molar-refractivity contribution in [3.8, 4) is 11.4 Å². The minimum atomic E-state index is -0.602. The average molecular weight is 318 g/mol. The van der Waals surface area contributed by atoms with Crippen molar-refractivity contribution in [1.82, 2.24) is 10.1 Å². The van der Waals surface area contributed by atoms with E-state index >= 15 is 0 Å². The number of carbonyl (C=O) groups is 1. The second kappa shape index (κ2) is 5.95. The highest BCUT2D eigenvalue weighted by Gasteiger charge is 2.12. The molecular weight excluding hydrogens is 309 g/mol. The summed E-state index contributed by atoms with van der Waals surface area (Å²) in [4.78, 5) is 16.1. The van der Waals surface area contributed by atoms with Gasteiger partial charge >= 0.3 is 0 Å². The molecule has 0 saturated carbocycles. The number of halogens is 2. The third-order valence-corrected chi connectivity index (χ3v) is 3.16. The van der Waals surface area contributed by atoms with Crippen LogP contribution in [0.5, 0.6) is 0 Å². The first-order chi connectivity index (χ1) is 10.6. The summed E-state index contributed by atoms with van der Waals surface area (Å²) >= 11 is 5.67. The van der Waals surface area contributed by atoms with Gasteiger partial charge in [-0.15, -0.1) is 0 Å². The molecule has 7 heteroatoms. The highest BCUT2D eigenvalue weighted by Crippen LogP contribution is 2.21. The fourth-order valence-corrected chi connectivity index (χ4v) is 2.04. The largest absolute Gasteiger partial charge is 0.342 e. The molecule has 1 amide bonds. The topological polar surface area (TPSA) is 68.0 Å². The summed E-state index contributed by atoms with van der Waals surface area (Å²) in [6.45, 7) is 0. The Bertz CT molecular complexity index is 821. The Kier molecular flexibility index (Phi) is 3.84. The van der Waals surface area contributed by atoms with Gasteiger partial charge in [0, 0.05) is 16.1 Å². The number of hydrogen-bond acceptors (Lipinski definition) is 4. The molecule has 1 aromatic heterocycles. The molecule has 0 saturated heterocycles. The van der Waals surface area contributed by atoms with Crippen molar-refractivity contribution in [2.24, 2.45) is 0 Å². The van der Waals surface area contributed by atoms with Crippen LogP contribution in [0.1, 0.15) is 10.4 Å². The Balaban J connectivity index is 1.85. The van der Waals surface area contributed by atoms with Crippen molar-refractivity contribution in [2.45, 2.75) is 0 Å². The van der Waals surface area contributed by atoms with Gasteiger partial charge < -0.3 is 9.84 Å². The molecule has 0 radical (unpaired) electrons. The monoisotopic (exact) mass is 317 g/mol. The van der Waals surface area contributed by atoms with Gasteiger partial charge in [0.05, 0.1) is 5.69 Å². The van der Waals surface area contributed by atoms with Crippen molar-refractivity contribution in [1.29, 1.82) is 0 Å². The summed E-state index contributed by atoms with van der Waals surface area (Å²) in [7, 11) is 0. The number of nitrogens with zero attached hydrogens (tertiary/aromatic N) is 2. The zero-order chi connectivity index (χ0) is 15.5. The van der Waals surface area contributed by atoms with Crippen LogP contribution >= 0.6 is 11.6 Å². The van der Waals surface area contributed by atoms with E-state index in [1.165, 1.54) is 18.5 Å². The molecule has 0 spiro atoms. The number of benzene rings is 2. The van der Waals surface area contributed by atoms with E-state index < -0.39 is 11.7 Å². The summed E-state index contributed by atoms with van der Waals surface area (Å²) in [6, 6.07) is 10.6. The van der Waals surface area contributed by atoms with Crippen LogP contribution in [-0.4, -0.2) is 16.0 Å². The van der Waals surface area contributed by atoms with Crippen LogP contribution in [0.4, 0.5) is 10.1 Å². The molecule has 3 rings (SSSR count). The molecular formula is C15H9ClFN3O2. The van der Waals surface area contributed by atoms with Crippen LogP contribution in [0.15, 0.2) is 53.4 Å². The van der Waals surface area contributed by atoms with E-state index in [1.54, 1.807) is 24.3 Å². The number of anilines is 1. The summed E-state index contributed by atoms with van der Waals surface area (Å²) in [5.41, 5.74) is 1.02. The minimum absolute atomic E-state index is 0.0550. The lowest BCUT2D eigenvalue weighted by atomic mass is 10.1. The molecule has 0 aliphatic rings. The molecule has 5 nitrogen and oxygen atoms in total. The summed E-state index contributed by atoms with van der Waals surface area (Å²) in [6.07, 6.45) is 1.20. The molecule has 1 N–H and O–H groups in total. The summed E-state index contributed by atoms with van der Waals surface area (Å²) in [5.74, 6) is -0.686. The molecule has 0 unspecified atom stereocenters. The quantitative estimate of drug-likeness (QED) is 0.798. The van der Waals surface area contributed by atoms with Crippen molar-refractivity contribution < 1.29 is 13.7 Å². The molecule has 3 aromatic rings. The molecule has 1 heterocycles. The number of aromatic nitrogens is 2. The molecule has 2 aromatic carbocycles. The first kappa shape index (κ1) is 14.2. The van der Waals surface area contributed by atoms with Crippen molar-refractivity contribution in [2.75, 3.05) is 5.32 Å². The Morgan fingerprint density at radius 1 is 1.23 bits per heavy atom. The zero-order valence-electron chi connectivity index (χ0n) is 11.1. The molecule has 0 bridgehead atoms. The van der Waals surface area contributed by atoms with Gasteiger partial charge in [-0.3, -0.25) is 4.79 Å². The molecule has 110 valence electrons. The molecule has 22 heavy (non-hydrogen) atoms. The van der Waals surface area contributed by atoms with Crippen LogP contribution in [0, 0.1) is 5.82 Å². The van der Waals surface area contributed by atoms with Crippen LogP contribution in [-0.2, 0) is 0 Å². The number of amides is 1. The minimum Gasteiger partial charge on any atom is -0.342 e. The van der Waals surface area contributed by atoms with Gasteiger partial charge in [0.1, 0.15) is 5.82 Å². The molecule has 0 atom stereocenters. The maximum atomic E-state index is 13.7. The van der Waals surface area contributed by atoms with Crippen LogP contribution in [0.2, 0.25) is 5.02 Å². The SMILES string of the molecule is O=C(Nc1ccc(Cl)cc1F)c1cccc(-c2ncon2)c1. The Morgan fingerprint density at radius 2 is 2.09 bits per heavy atom. The normalized spacial score (nSPS) is 10.5. The van der Waals surface area contributed by atoms with Crippen molar-refractivity contribution in [3.05, 3.63) is 65.3 Å². The smallest absolute Gasteiger partial charge is 0.255 e. The van der Waals surface area contributed by atoms with Gasteiger partial charge in [0.15, 0.2) is 0 Å². The van der Waals surface area contributed by atoms with Gasteiger partial charge in [-0.05, 0) is 30.3 Å². The Morgan fingerprint density at radius 3 is 2.82 bits per heavy atom. The molecule has 0 aliphatic heterocycles. The summed E-state index contributed by atoms with van der Waals surface area (Å²) in [5, 5.41) is 6.45. The maximum absolute atomic E-state index is 13.7. The predicted octanol–water partition coefficient (Wildman–Crippen LogP) is 3.78. The van der Waals surface area contributed by atoms with Gasteiger partial charge in [0.25, 0.3) is 5.91 Å². The third-order valence-electron chi connectivity index (χ3n) is 2.92. The van der Waals surface area contributed by atoms with Gasteiger partial charge in [-0.25, -0.2) is 4.39 Å². The fraction of sp³-hybridized carbons (Fsp3) is 0. The second-order valence-electron chi connectivity index (χ2n) is 4.41. The standard InChI is InChI=1S/C15H9ClFN3O2/c16-11-4-5-13(12(17)7-11)19-15(21)10-3-1-2-9(6-10)14-18-8-22-20-14/h1-8H,(H,19,21). The Hall–Kier alpha value is -2.73. The zero-order valence-corrected chi connectivity index (χ0v) is 11.8. The first-order valence-corrected chi connectivity index (χ1v) is 6.64. The van der Waals surface area contributed by atoms with E-state index in [2.05, 4.69) is 20.0 Å². The fourth-order valence-electron chi connectivity index (χ4n) is 1.88. The van der Waals surface area contributed by atoms with E-state index in [9.17, 15) is 9.18 Å². The van der Waals surface area contributed by atoms with Gasteiger partial charge in [0.2, 0.25) is 12.2 Å². The maximum Gasteiger partial charge on any atom is 0.255 e. The average Bonchev–Trinajstić information content (AvgIpc) is 3.04. The molecule has 0 aliphatic carbocycles. The lowest BCUT2D eigenvalue weighted by Gasteiger charge is -2.07. The van der Waals surface area contributed by atoms with E-state index in [0.29, 0.717) is 17.0 Å².